The summed E-state index contributed by atoms with van der Waals surface area (Å²) < 4.78 is 0. The van der Waals surface area contributed by atoms with Crippen LogP contribution in [0, 0.1) is 0 Å². The van der Waals surface area contributed by atoms with Crippen LogP contribution in [-0.2, 0) is 44.8 Å². The minimum atomic E-state index is -1.33. The van der Waals surface area contributed by atoms with Gasteiger partial charge in [-0.3, -0.25) is 48.3 Å². The van der Waals surface area contributed by atoms with Gasteiger partial charge in [-0.25, -0.2) is 4.79 Å². The van der Waals surface area contributed by atoms with Gasteiger partial charge in [0.25, 0.3) is 0 Å². The number of carboxylic acids is 5. The number of nitrogens with zero attached hydrogens (tertiary/aromatic N) is 3. The summed E-state index contributed by atoms with van der Waals surface area (Å²) in [6.45, 7) is -3.29. The van der Waals surface area contributed by atoms with E-state index >= 15 is 0 Å². The Kier molecular flexibility index (Phi) is 20.5. The smallest absolute Gasteiger partial charge is 0.326 e. The number of nitrogens with two attached hydrogens (primary N) is 1. The van der Waals surface area contributed by atoms with Crippen LogP contribution in [0.3, 0.4) is 0 Å². The van der Waals surface area contributed by atoms with Crippen molar-refractivity contribution < 1.29 is 69.0 Å². The average molecular weight is 742 g/mol. The minimum Gasteiger partial charge on any atom is -0.508 e. The number of phenols is 1. The van der Waals surface area contributed by atoms with E-state index in [2.05, 4.69) is 16.0 Å². The van der Waals surface area contributed by atoms with Gasteiger partial charge in [0, 0.05) is 39.1 Å². The molecule has 290 valence electrons. The monoisotopic (exact) mass is 741 g/mol. The van der Waals surface area contributed by atoms with E-state index in [4.69, 9.17) is 15.9 Å². The molecule has 21 heteroatoms. The van der Waals surface area contributed by atoms with Crippen molar-refractivity contribution in [3.63, 3.8) is 0 Å². The van der Waals surface area contributed by atoms with E-state index in [1.807, 2.05) is 0 Å². The van der Waals surface area contributed by atoms with Crippen LogP contribution in [-0.4, -0.2) is 177 Å². The first-order valence-corrected chi connectivity index (χ1v) is 16.1. The molecule has 0 saturated heterocycles. The highest BCUT2D eigenvalue weighted by atomic mass is 16.4. The Morgan fingerprint density at radius 3 is 1.58 bits per heavy atom. The second-order valence-electron chi connectivity index (χ2n) is 11.7. The van der Waals surface area contributed by atoms with Crippen molar-refractivity contribution in [1.82, 2.24) is 30.7 Å². The zero-order chi connectivity index (χ0) is 39.2. The normalized spacial score (nSPS) is 12.2. The average Bonchev–Trinajstić information content (AvgIpc) is 3.04. The van der Waals surface area contributed by atoms with Crippen molar-refractivity contribution >= 4 is 47.6 Å². The molecule has 2 atom stereocenters. The van der Waals surface area contributed by atoms with Gasteiger partial charge in [-0.1, -0.05) is 12.1 Å². The van der Waals surface area contributed by atoms with E-state index in [0.717, 1.165) is 4.90 Å². The summed E-state index contributed by atoms with van der Waals surface area (Å²) in [5.74, 6) is -8.37. The summed E-state index contributed by atoms with van der Waals surface area (Å²) >= 11 is 0. The molecular weight excluding hydrogens is 694 g/mol. The summed E-state index contributed by atoms with van der Waals surface area (Å²) in [6.07, 6.45) is 0.472. The number of rotatable bonds is 28. The molecule has 0 aliphatic rings. The summed E-state index contributed by atoms with van der Waals surface area (Å²) in [5.41, 5.74) is 5.93. The van der Waals surface area contributed by atoms with Crippen LogP contribution in [0.25, 0.3) is 0 Å². The van der Waals surface area contributed by atoms with Gasteiger partial charge < -0.3 is 52.3 Å². The third-order valence-corrected chi connectivity index (χ3v) is 7.34. The Balaban J connectivity index is 2.69. The van der Waals surface area contributed by atoms with Gasteiger partial charge in [0.2, 0.25) is 17.7 Å². The lowest BCUT2D eigenvalue weighted by Crippen LogP contribution is -2.53. The second kappa shape index (κ2) is 23.9. The lowest BCUT2D eigenvalue weighted by atomic mass is 10.0. The van der Waals surface area contributed by atoms with Crippen LogP contribution in [0.2, 0.25) is 0 Å². The molecule has 0 aliphatic heterocycles. The predicted octanol–water partition coefficient (Wildman–Crippen LogP) is -3.52. The van der Waals surface area contributed by atoms with Gasteiger partial charge in [-0.15, -0.1) is 0 Å². The number of nitrogens with one attached hydrogen (secondary N) is 3. The van der Waals surface area contributed by atoms with Crippen molar-refractivity contribution in [1.29, 1.82) is 0 Å². The highest BCUT2D eigenvalue weighted by Crippen LogP contribution is 2.12. The van der Waals surface area contributed by atoms with Crippen molar-refractivity contribution in [3.05, 3.63) is 29.8 Å². The number of aromatic hydroxyl groups is 1. The molecule has 0 radical (unpaired) electrons. The molecule has 0 heterocycles. The van der Waals surface area contributed by atoms with Gasteiger partial charge in [-0.05, 0) is 37.0 Å². The summed E-state index contributed by atoms with van der Waals surface area (Å²) in [7, 11) is 0. The molecule has 0 bridgehead atoms. The maximum atomic E-state index is 13.0. The third-order valence-electron chi connectivity index (χ3n) is 7.34. The molecule has 1 aromatic carbocycles. The number of amides is 3. The Bertz CT molecular complexity index is 1360. The van der Waals surface area contributed by atoms with Gasteiger partial charge in [-0.2, -0.15) is 0 Å². The number of hydrogen-bond donors (Lipinski definition) is 10. The maximum Gasteiger partial charge on any atom is 0.326 e. The fraction of sp³-hybridized carbons (Fsp3) is 0.548. The minimum absolute atomic E-state index is 0.00747. The van der Waals surface area contributed by atoms with Crippen LogP contribution in [0.5, 0.6) is 5.75 Å². The Hall–Kier alpha value is -5.38. The Labute approximate surface area is 298 Å². The first kappa shape index (κ1) is 44.6. The molecule has 1 rings (SSSR count). The van der Waals surface area contributed by atoms with Crippen molar-refractivity contribution in [2.45, 2.75) is 37.8 Å². The molecule has 3 amide bonds. The Morgan fingerprint density at radius 1 is 0.615 bits per heavy atom. The summed E-state index contributed by atoms with van der Waals surface area (Å²) in [6, 6.07) is 3.37. The SMILES string of the molecule is NCC(=O)NC(Cc1ccc(O)cc1)C(=O)NC(CCCCNC(=O)CN(CCN(CCN(CC(=O)O)CC(=O)O)CC(=O)O)CC(=O)O)C(=O)O. The maximum absolute atomic E-state index is 13.0. The number of phenolic OH excluding ortho intramolecular Hbond substituents is 1. The summed E-state index contributed by atoms with van der Waals surface area (Å²) in [4.78, 5) is 98.0. The largest absolute Gasteiger partial charge is 0.508 e. The second-order valence-corrected chi connectivity index (χ2v) is 11.7. The van der Waals surface area contributed by atoms with E-state index < -0.39 is 92.4 Å². The number of aliphatic carboxylic acids is 5. The fourth-order valence-electron chi connectivity index (χ4n) is 4.85. The fourth-order valence-corrected chi connectivity index (χ4v) is 4.85. The van der Waals surface area contributed by atoms with Crippen LogP contribution < -0.4 is 21.7 Å². The number of unbranched alkanes of at least 4 members (excludes halogenated alkanes) is 1. The topological polar surface area (TPSA) is 330 Å². The molecule has 52 heavy (non-hydrogen) atoms. The molecule has 11 N–H and O–H groups in total. The predicted molar refractivity (Wildman–Crippen MR) is 179 cm³/mol. The zero-order valence-corrected chi connectivity index (χ0v) is 28.4. The zero-order valence-electron chi connectivity index (χ0n) is 28.4. The number of carboxylic acid groups (broad SMARTS) is 5. The number of carbonyl (C=O) groups excluding carboxylic acids is 3. The number of hydrogen-bond acceptors (Lipinski definition) is 13. The molecular formula is C31H47N7O14. The number of carbonyl (C=O) groups is 8. The highest BCUT2D eigenvalue weighted by molar-refractivity contribution is 5.91. The van der Waals surface area contributed by atoms with Gasteiger partial charge in [0.15, 0.2) is 0 Å². The van der Waals surface area contributed by atoms with E-state index in [1.54, 1.807) is 0 Å². The van der Waals surface area contributed by atoms with E-state index in [0.29, 0.717) is 5.56 Å². The Morgan fingerprint density at radius 2 is 1.10 bits per heavy atom. The van der Waals surface area contributed by atoms with Crippen molar-refractivity contribution in [3.8, 4) is 5.75 Å². The lowest BCUT2D eigenvalue weighted by molar-refractivity contribution is -0.143. The molecule has 0 saturated carbocycles. The van der Waals surface area contributed by atoms with E-state index in [1.165, 1.54) is 34.1 Å². The highest BCUT2D eigenvalue weighted by Gasteiger charge is 2.27. The quantitative estimate of drug-likeness (QED) is 0.0372. The molecule has 21 nitrogen and oxygen atoms in total. The molecule has 0 aromatic heterocycles. The summed E-state index contributed by atoms with van der Waals surface area (Å²) in [5, 5.41) is 63.2. The van der Waals surface area contributed by atoms with Crippen LogP contribution in [0.4, 0.5) is 0 Å². The molecule has 0 aliphatic carbocycles. The van der Waals surface area contributed by atoms with Gasteiger partial charge >= 0.3 is 29.8 Å². The van der Waals surface area contributed by atoms with Crippen LogP contribution in [0.15, 0.2) is 24.3 Å². The molecule has 0 spiro atoms. The standard InChI is InChI=1S/C31H47N7O14/c32-14-24(40)34-23(13-20-4-6-21(39)7-5-20)30(50)35-22(31(51)52)3-1-2-8-33-25(41)15-37(17-27(44)45)11-9-36(16-26(42)43)10-12-38(18-28(46)47)19-29(48)49/h4-7,22-23,39H,1-3,8-19,32H2,(H,33,41)(H,34,40)(H,35,50)(H,42,43)(H,44,45)(H,46,47)(H,48,49)(H,51,52). The first-order chi connectivity index (χ1) is 24.5. The van der Waals surface area contributed by atoms with Crippen molar-refractivity contribution in [2.75, 3.05) is 72.0 Å². The molecule has 0 fully saturated rings. The van der Waals surface area contributed by atoms with Crippen LogP contribution >= 0.6 is 0 Å². The molecule has 2 unspecified atom stereocenters. The molecule has 1 aromatic rings. The first-order valence-electron chi connectivity index (χ1n) is 16.1. The van der Waals surface area contributed by atoms with Crippen molar-refractivity contribution in [2.24, 2.45) is 5.73 Å². The van der Waals surface area contributed by atoms with Crippen LogP contribution in [0.1, 0.15) is 24.8 Å². The third kappa shape index (κ3) is 20.3. The van der Waals surface area contributed by atoms with Gasteiger partial charge in [0.05, 0.1) is 39.3 Å². The number of benzene rings is 1. The van der Waals surface area contributed by atoms with E-state index in [9.17, 15) is 58.8 Å². The van der Waals surface area contributed by atoms with Gasteiger partial charge in [0.1, 0.15) is 17.8 Å². The van der Waals surface area contributed by atoms with E-state index in [-0.39, 0.29) is 70.7 Å². The lowest BCUT2D eigenvalue weighted by Gasteiger charge is -2.27.